The minimum atomic E-state index is -0.834. The molecule has 1 aromatic heterocycles. The van der Waals surface area contributed by atoms with Crippen LogP contribution in [0, 0.1) is 5.41 Å². The molecular formula is C21H27ClN2O3. The lowest BCUT2D eigenvalue weighted by Crippen LogP contribution is -2.48. The number of hydrogen-bond donors (Lipinski definition) is 2. The first-order chi connectivity index (χ1) is 12.8. The molecule has 3 atom stereocenters. The maximum Gasteiger partial charge on any atom is 0.253 e. The summed E-state index contributed by atoms with van der Waals surface area (Å²) in [5, 5.41) is 14.8. The number of carbonyl (C=O) groups is 1. The molecule has 2 aromatic rings. The molecule has 4 rings (SSSR count). The molecule has 0 bridgehead atoms. The molecule has 0 spiro atoms. The minimum absolute atomic E-state index is 0.0291. The largest absolute Gasteiger partial charge is 0.388 e. The molecule has 2 fully saturated rings. The van der Waals surface area contributed by atoms with E-state index in [1.807, 2.05) is 35.0 Å². The fraction of sp³-hybridized carbons (Fsp3) is 0.571. The molecule has 1 aliphatic carbocycles. The number of amides is 1. The Labute approximate surface area is 164 Å². The Hall–Kier alpha value is -1.56. The first-order valence-corrected chi connectivity index (χ1v) is 10.1. The SMILES string of the molecule is CC1(C)CCCC(O)(CNC(=O)c2cn(C3COC3Cl)c3ccccc23)C1. The summed E-state index contributed by atoms with van der Waals surface area (Å²) in [6, 6.07) is 7.85. The molecule has 5 nitrogen and oxygen atoms in total. The summed E-state index contributed by atoms with van der Waals surface area (Å²) < 4.78 is 7.32. The van der Waals surface area contributed by atoms with E-state index >= 15 is 0 Å². The molecule has 1 aromatic carbocycles. The van der Waals surface area contributed by atoms with Gasteiger partial charge in [-0.25, -0.2) is 0 Å². The molecule has 1 saturated heterocycles. The van der Waals surface area contributed by atoms with Gasteiger partial charge in [0.15, 0.2) is 5.56 Å². The van der Waals surface area contributed by atoms with Crippen LogP contribution in [0.25, 0.3) is 10.9 Å². The van der Waals surface area contributed by atoms with Gasteiger partial charge in [0.05, 0.1) is 23.8 Å². The van der Waals surface area contributed by atoms with Gasteiger partial charge >= 0.3 is 0 Å². The highest BCUT2D eigenvalue weighted by molar-refractivity contribution is 6.20. The Morgan fingerprint density at radius 2 is 2.15 bits per heavy atom. The first kappa shape index (κ1) is 18.8. The van der Waals surface area contributed by atoms with E-state index < -0.39 is 5.60 Å². The number of ether oxygens (including phenoxy) is 1. The van der Waals surface area contributed by atoms with E-state index in [0.717, 1.165) is 30.2 Å². The van der Waals surface area contributed by atoms with Crippen LogP contribution >= 0.6 is 11.6 Å². The molecule has 2 heterocycles. The number of aromatic nitrogens is 1. The van der Waals surface area contributed by atoms with Crippen molar-refractivity contribution >= 4 is 28.4 Å². The summed E-state index contributed by atoms with van der Waals surface area (Å²) in [4.78, 5) is 12.9. The standard InChI is InChI=1S/C21H27ClN2O3/c1-20(2)8-5-9-21(26,12-20)13-23-19(25)15-10-24(17-11-27-18(17)22)16-7-4-3-6-14(15)16/h3-4,6-7,10,17-18,26H,5,8-9,11-13H2,1-2H3,(H,23,25). The third kappa shape index (κ3) is 3.60. The Balaban J connectivity index is 1.55. The first-order valence-electron chi connectivity index (χ1n) is 9.64. The quantitative estimate of drug-likeness (QED) is 0.779. The van der Waals surface area contributed by atoms with Gasteiger partial charge in [0.1, 0.15) is 0 Å². The Kier molecular flexibility index (Phi) is 4.73. The van der Waals surface area contributed by atoms with Gasteiger partial charge in [0, 0.05) is 23.6 Å². The molecule has 1 saturated carbocycles. The lowest BCUT2D eigenvalue weighted by molar-refractivity contribution is -0.0523. The van der Waals surface area contributed by atoms with Gasteiger partial charge in [-0.2, -0.15) is 0 Å². The number of benzene rings is 1. The molecule has 0 radical (unpaired) electrons. The summed E-state index contributed by atoms with van der Waals surface area (Å²) in [5.41, 5.74) is 0.479. The van der Waals surface area contributed by atoms with Crippen molar-refractivity contribution in [1.29, 1.82) is 0 Å². The number of fused-ring (bicyclic) bond motifs is 1. The van der Waals surface area contributed by atoms with Crippen LogP contribution in [-0.4, -0.2) is 39.9 Å². The molecule has 1 aliphatic heterocycles. The number of nitrogens with one attached hydrogen (secondary N) is 1. The number of halogens is 1. The normalized spacial score (nSPS) is 30.1. The van der Waals surface area contributed by atoms with E-state index in [2.05, 4.69) is 19.2 Å². The highest BCUT2D eigenvalue weighted by atomic mass is 35.5. The van der Waals surface area contributed by atoms with E-state index in [0.29, 0.717) is 18.6 Å². The van der Waals surface area contributed by atoms with Crippen molar-refractivity contribution in [3.8, 4) is 0 Å². The van der Waals surface area contributed by atoms with Crippen LogP contribution in [-0.2, 0) is 4.74 Å². The van der Waals surface area contributed by atoms with Crippen LogP contribution in [0.3, 0.4) is 0 Å². The molecule has 2 N–H and O–H groups in total. The maximum absolute atomic E-state index is 12.9. The lowest BCUT2D eigenvalue weighted by Gasteiger charge is -2.41. The third-order valence-corrected chi connectivity index (χ3v) is 6.37. The van der Waals surface area contributed by atoms with Crippen LogP contribution in [0.4, 0.5) is 0 Å². The molecule has 1 amide bonds. The van der Waals surface area contributed by atoms with Gasteiger partial charge in [-0.3, -0.25) is 4.79 Å². The number of alkyl halides is 1. The molecule has 6 heteroatoms. The van der Waals surface area contributed by atoms with Gasteiger partial charge in [0.2, 0.25) is 0 Å². The molecule has 3 unspecified atom stereocenters. The van der Waals surface area contributed by atoms with Crippen LogP contribution in [0.1, 0.15) is 55.9 Å². The highest BCUT2D eigenvalue weighted by Crippen LogP contribution is 2.40. The van der Waals surface area contributed by atoms with Crippen molar-refractivity contribution in [2.24, 2.45) is 5.41 Å². The van der Waals surface area contributed by atoms with Crippen molar-refractivity contribution in [2.45, 2.75) is 56.7 Å². The average molecular weight is 391 g/mol. The molecule has 146 valence electrons. The predicted molar refractivity (Wildman–Crippen MR) is 106 cm³/mol. The van der Waals surface area contributed by atoms with E-state index in [4.69, 9.17) is 16.3 Å². The fourth-order valence-electron chi connectivity index (χ4n) is 4.58. The summed E-state index contributed by atoms with van der Waals surface area (Å²) in [6.07, 6.45) is 5.38. The number of para-hydroxylation sites is 1. The number of carbonyl (C=O) groups excluding carboxylic acids is 1. The topological polar surface area (TPSA) is 63.5 Å². The van der Waals surface area contributed by atoms with Gasteiger partial charge in [-0.15, -0.1) is 0 Å². The van der Waals surface area contributed by atoms with Crippen molar-refractivity contribution in [1.82, 2.24) is 9.88 Å². The monoisotopic (exact) mass is 390 g/mol. The summed E-state index contributed by atoms with van der Waals surface area (Å²) in [5.74, 6) is -0.159. The second-order valence-corrected chi connectivity index (χ2v) is 9.25. The predicted octanol–water partition coefficient (Wildman–Crippen LogP) is 3.84. The van der Waals surface area contributed by atoms with Crippen LogP contribution in [0.15, 0.2) is 30.5 Å². The summed E-state index contributed by atoms with van der Waals surface area (Å²) in [6.45, 7) is 5.17. The van der Waals surface area contributed by atoms with E-state index in [1.165, 1.54) is 0 Å². The van der Waals surface area contributed by atoms with Crippen molar-refractivity contribution < 1.29 is 14.6 Å². The summed E-state index contributed by atoms with van der Waals surface area (Å²) >= 11 is 6.17. The smallest absolute Gasteiger partial charge is 0.253 e. The number of hydrogen-bond acceptors (Lipinski definition) is 3. The second-order valence-electron chi connectivity index (χ2n) is 8.82. The van der Waals surface area contributed by atoms with Gasteiger partial charge in [0.25, 0.3) is 5.91 Å². The van der Waals surface area contributed by atoms with Crippen molar-refractivity contribution in [3.05, 3.63) is 36.0 Å². The Morgan fingerprint density at radius 3 is 2.81 bits per heavy atom. The maximum atomic E-state index is 12.9. The minimum Gasteiger partial charge on any atom is -0.388 e. The summed E-state index contributed by atoms with van der Waals surface area (Å²) in [7, 11) is 0. The third-order valence-electron chi connectivity index (χ3n) is 5.95. The zero-order valence-corrected chi connectivity index (χ0v) is 16.6. The fourth-order valence-corrected chi connectivity index (χ4v) is 4.84. The van der Waals surface area contributed by atoms with E-state index in [1.54, 1.807) is 0 Å². The second kappa shape index (κ2) is 6.80. The Bertz CT molecular complexity index is 862. The van der Waals surface area contributed by atoms with Crippen LogP contribution in [0.2, 0.25) is 0 Å². The van der Waals surface area contributed by atoms with E-state index in [-0.39, 0.29) is 29.5 Å². The van der Waals surface area contributed by atoms with E-state index in [9.17, 15) is 9.90 Å². The molecule has 27 heavy (non-hydrogen) atoms. The average Bonchev–Trinajstić information content (AvgIpc) is 2.97. The van der Waals surface area contributed by atoms with Gasteiger partial charge in [-0.05, 0) is 37.2 Å². The lowest BCUT2D eigenvalue weighted by atomic mass is 9.70. The molecule has 2 aliphatic rings. The molecular weight excluding hydrogens is 364 g/mol. The zero-order valence-electron chi connectivity index (χ0n) is 15.9. The van der Waals surface area contributed by atoms with Crippen LogP contribution < -0.4 is 5.32 Å². The van der Waals surface area contributed by atoms with Gasteiger partial charge in [-0.1, -0.05) is 43.6 Å². The van der Waals surface area contributed by atoms with Crippen LogP contribution in [0.5, 0.6) is 0 Å². The number of rotatable bonds is 4. The van der Waals surface area contributed by atoms with Crippen molar-refractivity contribution in [2.75, 3.05) is 13.2 Å². The van der Waals surface area contributed by atoms with Gasteiger partial charge < -0.3 is 19.7 Å². The Morgan fingerprint density at radius 1 is 1.37 bits per heavy atom. The number of aliphatic hydroxyl groups is 1. The zero-order chi connectivity index (χ0) is 19.2. The van der Waals surface area contributed by atoms with Crippen molar-refractivity contribution in [3.63, 3.8) is 0 Å². The highest BCUT2D eigenvalue weighted by Gasteiger charge is 2.39. The number of nitrogens with zero attached hydrogens (tertiary/aromatic N) is 1.